The van der Waals surface area contributed by atoms with Crippen molar-refractivity contribution in [2.45, 2.75) is 44.2 Å². The molecule has 0 bridgehead atoms. The molecule has 0 saturated carbocycles. The Balaban J connectivity index is 1.43. The zero-order valence-corrected chi connectivity index (χ0v) is 18.3. The van der Waals surface area contributed by atoms with Crippen molar-refractivity contribution in [3.63, 3.8) is 0 Å². The van der Waals surface area contributed by atoms with Crippen LogP contribution < -0.4 is 0 Å². The van der Waals surface area contributed by atoms with Crippen molar-refractivity contribution in [1.82, 2.24) is 19.7 Å². The molecule has 0 unspecified atom stereocenters. The van der Waals surface area contributed by atoms with Crippen molar-refractivity contribution < 1.29 is 4.79 Å². The van der Waals surface area contributed by atoms with Crippen LogP contribution in [0.1, 0.15) is 37.7 Å². The van der Waals surface area contributed by atoms with E-state index in [-0.39, 0.29) is 0 Å². The van der Waals surface area contributed by atoms with Crippen LogP contribution in [0.4, 0.5) is 0 Å². The third-order valence-electron chi connectivity index (χ3n) is 5.43. The lowest BCUT2D eigenvalue weighted by Gasteiger charge is -2.14. The number of amides is 1. The van der Waals surface area contributed by atoms with Crippen LogP contribution in [0, 0.1) is 6.92 Å². The summed E-state index contributed by atoms with van der Waals surface area (Å²) in [6.45, 7) is 3.97. The third-order valence-corrected chi connectivity index (χ3v) is 6.45. The predicted molar refractivity (Wildman–Crippen MR) is 122 cm³/mol. The molecule has 1 fully saturated rings. The minimum Gasteiger partial charge on any atom is -0.343 e. The highest BCUT2D eigenvalue weighted by Gasteiger charge is 2.18. The van der Waals surface area contributed by atoms with Crippen molar-refractivity contribution in [2.24, 2.45) is 0 Å². The van der Waals surface area contributed by atoms with Gasteiger partial charge in [0, 0.05) is 36.5 Å². The molecule has 0 spiro atoms. The number of carbonyl (C=O) groups excluding carboxylic acids is 1. The van der Waals surface area contributed by atoms with E-state index >= 15 is 0 Å². The van der Waals surface area contributed by atoms with Gasteiger partial charge in [-0.15, -0.1) is 10.2 Å². The first kappa shape index (κ1) is 20.7. The molecule has 30 heavy (non-hydrogen) atoms. The van der Waals surface area contributed by atoms with E-state index in [2.05, 4.69) is 58.1 Å². The molecule has 156 valence electrons. The van der Waals surface area contributed by atoms with Crippen molar-refractivity contribution in [1.29, 1.82) is 0 Å². The Morgan fingerprint density at radius 1 is 0.967 bits per heavy atom. The molecule has 6 heteroatoms. The van der Waals surface area contributed by atoms with E-state index in [4.69, 9.17) is 0 Å². The lowest BCUT2D eigenvalue weighted by atomic mass is 10.2. The highest BCUT2D eigenvalue weighted by Crippen LogP contribution is 2.28. The molecule has 4 rings (SSSR count). The van der Waals surface area contributed by atoms with Gasteiger partial charge in [0.2, 0.25) is 5.91 Å². The predicted octanol–water partition coefficient (Wildman–Crippen LogP) is 5.13. The van der Waals surface area contributed by atoms with Crippen molar-refractivity contribution in [3.8, 4) is 17.1 Å². The van der Waals surface area contributed by atoms with E-state index in [9.17, 15) is 4.79 Å². The van der Waals surface area contributed by atoms with Gasteiger partial charge in [-0.05, 0) is 44.7 Å². The van der Waals surface area contributed by atoms with Crippen LogP contribution in [0.25, 0.3) is 17.1 Å². The number of hydrogen-bond donors (Lipinski definition) is 0. The summed E-state index contributed by atoms with van der Waals surface area (Å²) >= 11 is 1.71. The molecule has 2 heterocycles. The van der Waals surface area contributed by atoms with E-state index in [0.29, 0.717) is 12.3 Å². The maximum atomic E-state index is 12.2. The molecule has 0 atom stereocenters. The largest absolute Gasteiger partial charge is 0.343 e. The minimum absolute atomic E-state index is 0.312. The van der Waals surface area contributed by atoms with Crippen LogP contribution in [0.3, 0.4) is 0 Å². The number of aromatic nitrogens is 3. The highest BCUT2D eigenvalue weighted by molar-refractivity contribution is 7.99. The summed E-state index contributed by atoms with van der Waals surface area (Å²) in [6.07, 6.45) is 4.87. The van der Waals surface area contributed by atoms with E-state index in [1.807, 2.05) is 23.1 Å². The van der Waals surface area contributed by atoms with Gasteiger partial charge < -0.3 is 4.90 Å². The fourth-order valence-corrected chi connectivity index (χ4v) is 4.68. The number of likely N-dealkylation sites (tertiary alicyclic amines) is 1. The number of aryl methyl sites for hydroxylation is 1. The number of nitrogens with zero attached hydrogens (tertiary/aromatic N) is 4. The lowest BCUT2D eigenvalue weighted by Crippen LogP contribution is -2.27. The van der Waals surface area contributed by atoms with Crippen molar-refractivity contribution in [3.05, 3.63) is 60.2 Å². The molecule has 2 aromatic carbocycles. The smallest absolute Gasteiger partial charge is 0.222 e. The number of benzene rings is 2. The number of hydrogen-bond acceptors (Lipinski definition) is 4. The normalized spacial score (nSPS) is 13.7. The quantitative estimate of drug-likeness (QED) is 0.375. The molecular formula is C24H28N4OS. The van der Waals surface area contributed by atoms with Crippen LogP contribution in [0.2, 0.25) is 0 Å². The molecule has 3 aromatic rings. The van der Waals surface area contributed by atoms with E-state index in [1.54, 1.807) is 11.8 Å². The maximum Gasteiger partial charge on any atom is 0.222 e. The number of rotatable bonds is 8. The number of thioether (sulfide) groups is 1. The average molecular weight is 421 g/mol. The van der Waals surface area contributed by atoms with E-state index in [1.165, 1.54) is 5.56 Å². The fraction of sp³-hybridized carbons (Fsp3) is 0.375. The topological polar surface area (TPSA) is 51.0 Å². The molecule has 0 aliphatic carbocycles. The third kappa shape index (κ3) is 4.93. The van der Waals surface area contributed by atoms with Crippen LogP contribution in [0.15, 0.2) is 59.8 Å². The van der Waals surface area contributed by atoms with Gasteiger partial charge in [-0.25, -0.2) is 0 Å². The van der Waals surface area contributed by atoms with Crippen LogP contribution in [-0.4, -0.2) is 44.4 Å². The van der Waals surface area contributed by atoms with Gasteiger partial charge in [-0.1, -0.05) is 59.8 Å². The SMILES string of the molecule is Cc1ccc(-n2c(SCCCCC(=O)N3CCCC3)nnc2-c2ccccc2)cc1. The summed E-state index contributed by atoms with van der Waals surface area (Å²) in [6, 6.07) is 18.6. The molecule has 0 N–H and O–H groups in total. The lowest BCUT2D eigenvalue weighted by molar-refractivity contribution is -0.130. The molecule has 1 aliphatic heterocycles. The van der Waals surface area contributed by atoms with E-state index in [0.717, 1.165) is 66.8 Å². The molecule has 0 radical (unpaired) electrons. The Kier molecular flexibility index (Phi) is 6.84. The molecule has 1 saturated heterocycles. The first-order valence-corrected chi connectivity index (χ1v) is 11.7. The maximum absolute atomic E-state index is 12.2. The Morgan fingerprint density at radius 2 is 1.70 bits per heavy atom. The Morgan fingerprint density at radius 3 is 2.43 bits per heavy atom. The Bertz CT molecular complexity index is 963. The minimum atomic E-state index is 0.312. The molecule has 1 aromatic heterocycles. The van der Waals surface area contributed by atoms with Crippen molar-refractivity contribution in [2.75, 3.05) is 18.8 Å². The summed E-state index contributed by atoms with van der Waals surface area (Å²) < 4.78 is 2.13. The van der Waals surface area contributed by atoms with E-state index < -0.39 is 0 Å². The zero-order valence-electron chi connectivity index (χ0n) is 17.5. The van der Waals surface area contributed by atoms with Crippen LogP contribution in [0.5, 0.6) is 0 Å². The van der Waals surface area contributed by atoms with Gasteiger partial charge in [0.1, 0.15) is 0 Å². The first-order chi connectivity index (χ1) is 14.7. The summed E-state index contributed by atoms with van der Waals surface area (Å²) in [5.74, 6) is 2.09. The summed E-state index contributed by atoms with van der Waals surface area (Å²) in [4.78, 5) is 14.2. The molecule has 1 amide bonds. The Hall–Kier alpha value is -2.60. The number of carbonyl (C=O) groups is 1. The van der Waals surface area contributed by atoms with Crippen LogP contribution in [-0.2, 0) is 4.79 Å². The summed E-state index contributed by atoms with van der Waals surface area (Å²) in [5, 5.41) is 9.88. The summed E-state index contributed by atoms with van der Waals surface area (Å²) in [7, 11) is 0. The molecule has 1 aliphatic rings. The van der Waals surface area contributed by atoms with Crippen LogP contribution >= 0.6 is 11.8 Å². The van der Waals surface area contributed by atoms with Gasteiger partial charge in [0.15, 0.2) is 11.0 Å². The van der Waals surface area contributed by atoms with Gasteiger partial charge in [0.05, 0.1) is 0 Å². The zero-order chi connectivity index (χ0) is 20.8. The second-order valence-corrected chi connectivity index (χ2v) is 8.80. The van der Waals surface area contributed by atoms with Crippen molar-refractivity contribution >= 4 is 17.7 Å². The fourth-order valence-electron chi connectivity index (χ4n) is 3.73. The monoisotopic (exact) mass is 420 g/mol. The Labute approximate surface area is 182 Å². The first-order valence-electron chi connectivity index (χ1n) is 10.7. The van der Waals surface area contributed by atoms with Gasteiger partial charge in [0.25, 0.3) is 0 Å². The summed E-state index contributed by atoms with van der Waals surface area (Å²) in [5.41, 5.74) is 3.34. The second-order valence-electron chi connectivity index (χ2n) is 7.74. The standard InChI is InChI=1S/C24H28N4OS/c1-19-12-14-21(15-13-19)28-23(20-9-3-2-4-10-20)25-26-24(28)30-18-8-5-11-22(29)27-16-6-7-17-27/h2-4,9-10,12-15H,5-8,11,16-18H2,1H3. The second kappa shape index (κ2) is 9.94. The highest BCUT2D eigenvalue weighted by atomic mass is 32.2. The van der Waals surface area contributed by atoms with Gasteiger partial charge >= 0.3 is 0 Å². The average Bonchev–Trinajstić information content (AvgIpc) is 3.45. The van der Waals surface area contributed by atoms with Gasteiger partial charge in [-0.2, -0.15) is 0 Å². The molecular weight excluding hydrogens is 392 g/mol. The van der Waals surface area contributed by atoms with Gasteiger partial charge in [-0.3, -0.25) is 9.36 Å². The molecule has 5 nitrogen and oxygen atoms in total. The number of unbranched alkanes of at least 4 members (excludes halogenated alkanes) is 1.